The molecule has 1 aromatic heterocycles. The fourth-order valence-corrected chi connectivity index (χ4v) is 2.99. The van der Waals surface area contributed by atoms with Gasteiger partial charge in [-0.2, -0.15) is 5.26 Å². The molecule has 1 aliphatic rings. The second kappa shape index (κ2) is 7.90. The van der Waals surface area contributed by atoms with Crippen molar-refractivity contribution in [2.24, 2.45) is 0 Å². The molecule has 1 aliphatic heterocycles. The highest BCUT2D eigenvalue weighted by atomic mass is 19.4. The molecule has 0 unspecified atom stereocenters. The number of nitrogens with one attached hydrogen (secondary N) is 1. The van der Waals surface area contributed by atoms with E-state index in [0.29, 0.717) is 13.1 Å². The van der Waals surface area contributed by atoms with Crippen molar-refractivity contribution in [3.05, 3.63) is 51.6 Å². The average molecular weight is 393 g/mol. The maximum absolute atomic E-state index is 12.6. The van der Waals surface area contributed by atoms with Crippen LogP contribution in [0.2, 0.25) is 0 Å². The van der Waals surface area contributed by atoms with Gasteiger partial charge in [0, 0.05) is 38.2 Å². The molecule has 3 rings (SSSR count). The highest BCUT2D eigenvalue weighted by Gasteiger charge is 2.32. The Labute approximate surface area is 159 Å². The van der Waals surface area contributed by atoms with Gasteiger partial charge in [0.1, 0.15) is 17.6 Å². The summed E-state index contributed by atoms with van der Waals surface area (Å²) in [5, 5.41) is 9.34. The van der Waals surface area contributed by atoms with Crippen LogP contribution in [0.25, 0.3) is 0 Å². The number of nitrogens with zero attached hydrogens (tertiary/aromatic N) is 4. The van der Waals surface area contributed by atoms with Gasteiger partial charge >= 0.3 is 6.36 Å². The van der Waals surface area contributed by atoms with Gasteiger partial charge in [-0.1, -0.05) is 18.2 Å². The topological polar surface area (TPSA) is 85.2 Å². The SMILES string of the molecule is CN1CCN(c2nc(Cc3ccccc3OC(F)(F)F)[nH]c(=O)c2C#N)CC1. The van der Waals surface area contributed by atoms with Gasteiger partial charge < -0.3 is 19.5 Å². The van der Waals surface area contributed by atoms with Crippen molar-refractivity contribution in [1.29, 1.82) is 5.26 Å². The molecule has 0 spiro atoms. The van der Waals surface area contributed by atoms with Crippen molar-refractivity contribution in [2.45, 2.75) is 12.8 Å². The molecule has 1 N–H and O–H groups in total. The number of piperazine rings is 1. The summed E-state index contributed by atoms with van der Waals surface area (Å²) in [5.74, 6) is 0.0582. The Kier molecular flexibility index (Phi) is 5.56. The number of para-hydroxylation sites is 1. The lowest BCUT2D eigenvalue weighted by atomic mass is 10.1. The molecule has 1 fully saturated rings. The maximum atomic E-state index is 12.6. The molecule has 148 valence electrons. The number of alkyl halides is 3. The molecule has 0 aliphatic carbocycles. The summed E-state index contributed by atoms with van der Waals surface area (Å²) in [6.07, 6.45) is -4.90. The van der Waals surface area contributed by atoms with Crippen molar-refractivity contribution >= 4 is 5.82 Å². The average Bonchev–Trinajstić information content (AvgIpc) is 2.62. The van der Waals surface area contributed by atoms with Gasteiger partial charge in [0.25, 0.3) is 5.56 Å². The number of anilines is 1. The lowest BCUT2D eigenvalue weighted by molar-refractivity contribution is -0.274. The standard InChI is InChI=1S/C18H18F3N5O2/c1-25-6-8-26(9-7-25)16-13(11-22)17(27)24-15(23-16)10-12-4-2-3-5-14(12)28-18(19,20)21/h2-5H,6-10H2,1H3,(H,23,24,27). The van der Waals surface area contributed by atoms with Gasteiger partial charge in [0.05, 0.1) is 0 Å². The summed E-state index contributed by atoms with van der Waals surface area (Å²) in [6, 6.07) is 7.54. The first kappa shape index (κ1) is 19.7. The Morgan fingerprint density at radius 3 is 2.57 bits per heavy atom. The predicted octanol–water partition coefficient (Wildman–Crippen LogP) is 1.88. The largest absolute Gasteiger partial charge is 0.573 e. The third-order valence-electron chi connectivity index (χ3n) is 4.42. The molecule has 28 heavy (non-hydrogen) atoms. The zero-order chi connectivity index (χ0) is 20.3. The zero-order valence-corrected chi connectivity index (χ0v) is 15.1. The van der Waals surface area contributed by atoms with Crippen LogP contribution >= 0.6 is 0 Å². The molecule has 0 amide bonds. The van der Waals surface area contributed by atoms with E-state index < -0.39 is 11.9 Å². The monoisotopic (exact) mass is 393 g/mol. The summed E-state index contributed by atoms with van der Waals surface area (Å²) < 4.78 is 41.9. The molecule has 0 bridgehead atoms. The second-order valence-electron chi connectivity index (χ2n) is 6.45. The first-order valence-corrected chi connectivity index (χ1v) is 8.57. The number of benzene rings is 1. The van der Waals surface area contributed by atoms with Gasteiger partial charge in [0.15, 0.2) is 11.4 Å². The number of halogens is 3. The van der Waals surface area contributed by atoms with Gasteiger partial charge in [-0.3, -0.25) is 4.79 Å². The Balaban J connectivity index is 1.94. The van der Waals surface area contributed by atoms with Crippen LogP contribution in [0, 0.1) is 11.3 Å². The van der Waals surface area contributed by atoms with Crippen LogP contribution in [0.3, 0.4) is 0 Å². The quantitative estimate of drug-likeness (QED) is 0.854. The van der Waals surface area contributed by atoms with E-state index in [4.69, 9.17) is 0 Å². The summed E-state index contributed by atoms with van der Waals surface area (Å²) in [6.45, 7) is 2.68. The first-order chi connectivity index (χ1) is 13.3. The van der Waals surface area contributed by atoms with Gasteiger partial charge in [0.2, 0.25) is 0 Å². The minimum Gasteiger partial charge on any atom is -0.405 e. The van der Waals surface area contributed by atoms with Gasteiger partial charge in [-0.25, -0.2) is 4.98 Å². The Morgan fingerprint density at radius 2 is 1.93 bits per heavy atom. The van der Waals surface area contributed by atoms with E-state index in [2.05, 4.69) is 19.6 Å². The van der Waals surface area contributed by atoms with Crippen molar-refractivity contribution in [1.82, 2.24) is 14.9 Å². The van der Waals surface area contributed by atoms with E-state index in [9.17, 15) is 23.2 Å². The molecule has 0 atom stereocenters. The smallest absolute Gasteiger partial charge is 0.405 e. The maximum Gasteiger partial charge on any atom is 0.573 e. The van der Waals surface area contributed by atoms with E-state index in [0.717, 1.165) is 13.1 Å². The Bertz CT molecular complexity index is 943. The van der Waals surface area contributed by atoms with Gasteiger partial charge in [-0.05, 0) is 13.1 Å². The number of nitriles is 1. The fourth-order valence-electron chi connectivity index (χ4n) is 2.99. The number of hydrogen-bond acceptors (Lipinski definition) is 6. The lowest BCUT2D eigenvalue weighted by Gasteiger charge is -2.33. The molecule has 0 radical (unpaired) electrons. The van der Waals surface area contributed by atoms with Crippen LogP contribution in [-0.2, 0) is 6.42 Å². The van der Waals surface area contributed by atoms with Crippen molar-refractivity contribution in [3.8, 4) is 11.8 Å². The molecule has 1 saturated heterocycles. The van der Waals surface area contributed by atoms with E-state index in [1.165, 1.54) is 18.2 Å². The Hall–Kier alpha value is -3.06. The van der Waals surface area contributed by atoms with E-state index in [1.807, 2.05) is 18.0 Å². The molecule has 2 heterocycles. The minimum absolute atomic E-state index is 0.0755. The summed E-state index contributed by atoms with van der Waals surface area (Å²) in [4.78, 5) is 23.2. The number of aromatic nitrogens is 2. The highest BCUT2D eigenvalue weighted by molar-refractivity contribution is 5.53. The summed E-state index contributed by atoms with van der Waals surface area (Å²) >= 11 is 0. The van der Waals surface area contributed by atoms with E-state index in [-0.39, 0.29) is 34.9 Å². The third-order valence-corrected chi connectivity index (χ3v) is 4.42. The predicted molar refractivity (Wildman–Crippen MR) is 95.2 cm³/mol. The number of H-pyrrole nitrogens is 1. The number of hydrogen-bond donors (Lipinski definition) is 1. The van der Waals surface area contributed by atoms with Crippen molar-refractivity contribution in [3.63, 3.8) is 0 Å². The van der Waals surface area contributed by atoms with Crippen LogP contribution in [-0.4, -0.2) is 54.5 Å². The molecular weight excluding hydrogens is 375 g/mol. The van der Waals surface area contributed by atoms with E-state index >= 15 is 0 Å². The normalized spacial score (nSPS) is 15.3. The lowest BCUT2D eigenvalue weighted by Crippen LogP contribution is -2.45. The first-order valence-electron chi connectivity index (χ1n) is 8.57. The summed E-state index contributed by atoms with van der Waals surface area (Å²) in [7, 11) is 1.97. The van der Waals surface area contributed by atoms with Crippen molar-refractivity contribution < 1.29 is 17.9 Å². The highest BCUT2D eigenvalue weighted by Crippen LogP contribution is 2.27. The van der Waals surface area contributed by atoms with Crippen molar-refractivity contribution in [2.75, 3.05) is 38.1 Å². The molecular formula is C18H18F3N5O2. The third kappa shape index (κ3) is 4.61. The van der Waals surface area contributed by atoms with Crippen LogP contribution in [0.4, 0.5) is 19.0 Å². The molecule has 7 nitrogen and oxygen atoms in total. The number of likely N-dealkylation sites (N-methyl/N-ethyl adjacent to an activating group) is 1. The summed E-state index contributed by atoms with van der Waals surface area (Å²) in [5.41, 5.74) is -0.499. The minimum atomic E-state index is -4.83. The van der Waals surface area contributed by atoms with Crippen LogP contribution in [0.5, 0.6) is 5.75 Å². The second-order valence-corrected chi connectivity index (χ2v) is 6.45. The number of aromatic amines is 1. The molecule has 1 aromatic carbocycles. The number of rotatable bonds is 4. The molecule has 10 heteroatoms. The Morgan fingerprint density at radius 1 is 1.25 bits per heavy atom. The van der Waals surface area contributed by atoms with Gasteiger partial charge in [-0.15, -0.1) is 13.2 Å². The van der Waals surface area contributed by atoms with Crippen LogP contribution in [0.1, 0.15) is 17.0 Å². The zero-order valence-electron chi connectivity index (χ0n) is 15.1. The molecule has 2 aromatic rings. The van der Waals surface area contributed by atoms with Crippen LogP contribution < -0.4 is 15.2 Å². The fraction of sp³-hybridized carbons (Fsp3) is 0.389. The number of ether oxygens (including phenoxy) is 1. The van der Waals surface area contributed by atoms with Crippen LogP contribution in [0.15, 0.2) is 29.1 Å². The van der Waals surface area contributed by atoms with E-state index in [1.54, 1.807) is 6.07 Å². The molecule has 0 saturated carbocycles.